The summed E-state index contributed by atoms with van der Waals surface area (Å²) in [6.45, 7) is 2.36. The van der Waals surface area contributed by atoms with Crippen LogP contribution in [-0.2, 0) is 11.3 Å². The van der Waals surface area contributed by atoms with Gasteiger partial charge in [0.2, 0.25) is 0 Å². The van der Waals surface area contributed by atoms with Gasteiger partial charge in [0.15, 0.2) is 0 Å². The zero-order valence-electron chi connectivity index (χ0n) is 8.02. The van der Waals surface area contributed by atoms with Crippen LogP contribution in [0.2, 0.25) is 5.02 Å². The highest BCUT2D eigenvalue weighted by atomic mass is 79.9. The quantitative estimate of drug-likeness (QED) is 0.836. The Kier molecular flexibility index (Phi) is 5.48. The Labute approximate surface area is 97.7 Å². The molecule has 2 nitrogen and oxygen atoms in total. The molecule has 0 saturated heterocycles. The van der Waals surface area contributed by atoms with Crippen molar-refractivity contribution in [1.29, 1.82) is 0 Å². The Morgan fingerprint density at radius 1 is 1.50 bits per heavy atom. The van der Waals surface area contributed by atoms with Gasteiger partial charge < -0.3 is 10.1 Å². The van der Waals surface area contributed by atoms with Crippen molar-refractivity contribution in [3.63, 3.8) is 0 Å². The van der Waals surface area contributed by atoms with E-state index in [-0.39, 0.29) is 0 Å². The van der Waals surface area contributed by atoms with Crippen molar-refractivity contribution < 1.29 is 4.74 Å². The molecule has 0 heterocycles. The molecule has 0 radical (unpaired) electrons. The second kappa shape index (κ2) is 6.40. The average molecular weight is 279 g/mol. The van der Waals surface area contributed by atoms with Gasteiger partial charge in [-0.05, 0) is 27.6 Å². The molecule has 0 amide bonds. The molecule has 1 aromatic carbocycles. The van der Waals surface area contributed by atoms with E-state index >= 15 is 0 Å². The predicted molar refractivity (Wildman–Crippen MR) is 62.7 cm³/mol. The van der Waals surface area contributed by atoms with Crippen molar-refractivity contribution >= 4 is 27.5 Å². The topological polar surface area (TPSA) is 21.3 Å². The number of halogens is 2. The summed E-state index contributed by atoms with van der Waals surface area (Å²) in [6, 6.07) is 5.85. The minimum absolute atomic E-state index is 0.720. The van der Waals surface area contributed by atoms with Gasteiger partial charge in [0.1, 0.15) is 0 Å². The smallest absolute Gasteiger partial charge is 0.0587 e. The van der Waals surface area contributed by atoms with Crippen LogP contribution < -0.4 is 5.32 Å². The third-order valence-electron chi connectivity index (χ3n) is 1.83. The number of benzene rings is 1. The number of hydrogen-bond acceptors (Lipinski definition) is 2. The van der Waals surface area contributed by atoms with Crippen LogP contribution >= 0.6 is 27.5 Å². The SMILES string of the molecule is COCCNCc1cccc(Cl)c1Br. The molecular formula is C10H13BrClNO. The molecule has 14 heavy (non-hydrogen) atoms. The first-order valence-corrected chi connectivity index (χ1v) is 5.55. The normalized spacial score (nSPS) is 10.5. The van der Waals surface area contributed by atoms with Crippen LogP contribution in [0.3, 0.4) is 0 Å². The van der Waals surface area contributed by atoms with E-state index in [1.54, 1.807) is 7.11 Å². The van der Waals surface area contributed by atoms with Crippen molar-refractivity contribution in [1.82, 2.24) is 5.32 Å². The second-order valence-electron chi connectivity index (χ2n) is 2.88. The van der Waals surface area contributed by atoms with Gasteiger partial charge in [-0.25, -0.2) is 0 Å². The van der Waals surface area contributed by atoms with Crippen molar-refractivity contribution in [3.05, 3.63) is 33.3 Å². The summed E-state index contributed by atoms with van der Waals surface area (Å²) < 4.78 is 5.90. The van der Waals surface area contributed by atoms with Crippen LogP contribution in [0, 0.1) is 0 Å². The van der Waals surface area contributed by atoms with Crippen LogP contribution in [0.5, 0.6) is 0 Å². The summed E-state index contributed by atoms with van der Waals surface area (Å²) in [5, 5.41) is 4.00. The van der Waals surface area contributed by atoms with Crippen LogP contribution in [0.1, 0.15) is 5.56 Å². The molecule has 4 heteroatoms. The Balaban J connectivity index is 2.46. The Morgan fingerprint density at radius 2 is 2.29 bits per heavy atom. The first-order chi connectivity index (χ1) is 6.75. The van der Waals surface area contributed by atoms with Crippen molar-refractivity contribution in [3.8, 4) is 0 Å². The maximum absolute atomic E-state index is 5.95. The molecule has 0 spiro atoms. The largest absolute Gasteiger partial charge is 0.383 e. The molecule has 1 rings (SSSR count). The third-order valence-corrected chi connectivity index (χ3v) is 3.31. The fourth-order valence-electron chi connectivity index (χ4n) is 1.08. The molecule has 0 aliphatic rings. The number of nitrogens with one attached hydrogen (secondary N) is 1. The molecule has 0 aliphatic carbocycles. The third kappa shape index (κ3) is 3.58. The van der Waals surface area contributed by atoms with Gasteiger partial charge in [-0.3, -0.25) is 0 Å². The maximum Gasteiger partial charge on any atom is 0.0587 e. The van der Waals surface area contributed by atoms with Gasteiger partial charge >= 0.3 is 0 Å². The molecular weight excluding hydrogens is 265 g/mol. The number of rotatable bonds is 5. The summed E-state index contributed by atoms with van der Waals surface area (Å²) in [5.74, 6) is 0. The highest BCUT2D eigenvalue weighted by Gasteiger charge is 2.02. The lowest BCUT2D eigenvalue weighted by molar-refractivity contribution is 0.199. The van der Waals surface area contributed by atoms with E-state index in [2.05, 4.69) is 21.2 Å². The Bertz CT molecular complexity index is 293. The van der Waals surface area contributed by atoms with E-state index in [1.165, 1.54) is 0 Å². The van der Waals surface area contributed by atoms with E-state index in [1.807, 2.05) is 18.2 Å². The number of methoxy groups -OCH3 is 1. The van der Waals surface area contributed by atoms with Gasteiger partial charge in [0.05, 0.1) is 11.6 Å². The highest BCUT2D eigenvalue weighted by molar-refractivity contribution is 9.10. The van der Waals surface area contributed by atoms with E-state index in [9.17, 15) is 0 Å². The van der Waals surface area contributed by atoms with Crippen molar-refractivity contribution in [2.24, 2.45) is 0 Å². The number of hydrogen-bond donors (Lipinski definition) is 1. The maximum atomic E-state index is 5.95. The van der Waals surface area contributed by atoms with E-state index in [4.69, 9.17) is 16.3 Å². The molecule has 0 bridgehead atoms. The fraction of sp³-hybridized carbons (Fsp3) is 0.400. The van der Waals surface area contributed by atoms with Gasteiger partial charge in [-0.2, -0.15) is 0 Å². The summed E-state index contributed by atoms with van der Waals surface area (Å²) in [6.07, 6.45) is 0. The number of ether oxygens (including phenoxy) is 1. The van der Waals surface area contributed by atoms with Gasteiger partial charge in [-0.15, -0.1) is 0 Å². The fourth-order valence-corrected chi connectivity index (χ4v) is 1.68. The Morgan fingerprint density at radius 3 is 3.00 bits per heavy atom. The molecule has 0 unspecified atom stereocenters. The van der Waals surface area contributed by atoms with E-state index < -0.39 is 0 Å². The standard InChI is InChI=1S/C10H13BrClNO/c1-14-6-5-13-7-8-3-2-4-9(12)10(8)11/h2-4,13H,5-7H2,1H3. The molecule has 0 aliphatic heterocycles. The summed E-state index contributed by atoms with van der Waals surface area (Å²) in [7, 11) is 1.69. The van der Waals surface area contributed by atoms with Gasteiger partial charge in [0, 0.05) is 24.7 Å². The molecule has 1 aromatic rings. The zero-order chi connectivity index (χ0) is 10.4. The summed E-state index contributed by atoms with van der Waals surface area (Å²) in [4.78, 5) is 0. The minimum atomic E-state index is 0.720. The summed E-state index contributed by atoms with van der Waals surface area (Å²) >= 11 is 9.40. The van der Waals surface area contributed by atoms with E-state index in [0.717, 1.165) is 34.8 Å². The summed E-state index contributed by atoms with van der Waals surface area (Å²) in [5.41, 5.74) is 1.16. The monoisotopic (exact) mass is 277 g/mol. The van der Waals surface area contributed by atoms with Crippen molar-refractivity contribution in [2.45, 2.75) is 6.54 Å². The lowest BCUT2D eigenvalue weighted by Gasteiger charge is -2.07. The molecule has 78 valence electrons. The Hall–Kier alpha value is -0.0900. The van der Waals surface area contributed by atoms with Crippen LogP contribution in [-0.4, -0.2) is 20.3 Å². The minimum Gasteiger partial charge on any atom is -0.383 e. The van der Waals surface area contributed by atoms with Gasteiger partial charge in [0.25, 0.3) is 0 Å². The zero-order valence-corrected chi connectivity index (χ0v) is 10.4. The molecule has 0 saturated carbocycles. The van der Waals surface area contributed by atoms with Crippen LogP contribution in [0.4, 0.5) is 0 Å². The van der Waals surface area contributed by atoms with Crippen molar-refractivity contribution in [2.75, 3.05) is 20.3 Å². The molecule has 0 fully saturated rings. The average Bonchev–Trinajstić information content (AvgIpc) is 2.19. The molecule has 0 atom stereocenters. The van der Waals surface area contributed by atoms with E-state index in [0.29, 0.717) is 0 Å². The van der Waals surface area contributed by atoms with Crippen LogP contribution in [0.25, 0.3) is 0 Å². The van der Waals surface area contributed by atoms with Gasteiger partial charge in [-0.1, -0.05) is 23.7 Å². The molecule has 1 N–H and O–H groups in total. The first kappa shape index (κ1) is 12.0. The predicted octanol–water partition coefficient (Wildman–Crippen LogP) is 2.84. The second-order valence-corrected chi connectivity index (χ2v) is 4.08. The molecule has 0 aromatic heterocycles. The van der Waals surface area contributed by atoms with Crippen LogP contribution in [0.15, 0.2) is 22.7 Å². The first-order valence-electron chi connectivity index (χ1n) is 4.38. The highest BCUT2D eigenvalue weighted by Crippen LogP contribution is 2.25. The lowest BCUT2D eigenvalue weighted by Crippen LogP contribution is -2.18. The lowest BCUT2D eigenvalue weighted by atomic mass is 10.2.